The van der Waals surface area contributed by atoms with Gasteiger partial charge >= 0.3 is 5.97 Å². The van der Waals surface area contributed by atoms with Crippen LogP contribution < -0.4 is 0 Å². The van der Waals surface area contributed by atoms with E-state index in [1.807, 2.05) is 0 Å². The quantitative estimate of drug-likeness (QED) is 0.591. The lowest BCUT2D eigenvalue weighted by atomic mass is 10.1. The van der Waals surface area contributed by atoms with Crippen molar-refractivity contribution in [2.75, 3.05) is 7.11 Å². The summed E-state index contributed by atoms with van der Waals surface area (Å²) in [5.74, 6) is -0.899. The maximum atomic E-state index is 11.2. The first-order valence-electron chi connectivity index (χ1n) is 4.45. The van der Waals surface area contributed by atoms with Gasteiger partial charge in [0.05, 0.1) is 19.6 Å². The molecule has 5 nitrogen and oxygen atoms in total. The fourth-order valence-corrected chi connectivity index (χ4v) is 1.65. The molecule has 1 aliphatic rings. The molecule has 0 radical (unpaired) electrons. The molecule has 0 N–H and O–H groups in total. The number of nitrogens with zero attached hydrogens (tertiary/aromatic N) is 1. The highest BCUT2D eigenvalue weighted by Crippen LogP contribution is 2.21. The van der Waals surface area contributed by atoms with Gasteiger partial charge in [-0.05, 0) is 6.42 Å². The van der Waals surface area contributed by atoms with Crippen molar-refractivity contribution in [3.63, 3.8) is 0 Å². The van der Waals surface area contributed by atoms with Gasteiger partial charge in [-0.1, -0.05) is 0 Å². The van der Waals surface area contributed by atoms with Crippen molar-refractivity contribution < 1.29 is 19.1 Å². The molecule has 78 valence electrons. The zero-order valence-corrected chi connectivity index (χ0v) is 8.28. The average molecular weight is 199 g/mol. The highest BCUT2D eigenvalue weighted by molar-refractivity contribution is 5.96. The summed E-state index contributed by atoms with van der Waals surface area (Å²) in [7, 11) is 1.29. The fraction of sp³-hybridized carbons (Fsp3) is 0.667. The van der Waals surface area contributed by atoms with Gasteiger partial charge in [-0.15, -0.1) is 0 Å². The van der Waals surface area contributed by atoms with E-state index in [4.69, 9.17) is 0 Å². The number of ether oxygens (including phenoxy) is 1. The SMILES string of the molecule is COC(=O)C[C@@H]1CCC(=O)N1C(C)=O. The molecule has 0 spiro atoms. The molecular weight excluding hydrogens is 186 g/mol. The van der Waals surface area contributed by atoms with Crippen LogP contribution in [0.4, 0.5) is 0 Å². The molecule has 1 heterocycles. The van der Waals surface area contributed by atoms with E-state index in [0.29, 0.717) is 12.8 Å². The first-order chi connectivity index (χ1) is 6.56. The van der Waals surface area contributed by atoms with Gasteiger partial charge in [0.25, 0.3) is 0 Å². The van der Waals surface area contributed by atoms with Gasteiger partial charge < -0.3 is 4.74 Å². The third-order valence-electron chi connectivity index (χ3n) is 2.29. The summed E-state index contributed by atoms with van der Waals surface area (Å²) in [6.07, 6.45) is 0.983. The molecule has 1 fully saturated rings. The lowest BCUT2D eigenvalue weighted by molar-refractivity contribution is -0.145. The lowest BCUT2D eigenvalue weighted by Crippen LogP contribution is -2.38. The maximum Gasteiger partial charge on any atom is 0.307 e. The first kappa shape index (κ1) is 10.7. The van der Waals surface area contributed by atoms with Crippen molar-refractivity contribution in [1.29, 1.82) is 0 Å². The Hall–Kier alpha value is -1.39. The molecule has 0 aromatic rings. The van der Waals surface area contributed by atoms with Gasteiger partial charge in [0.1, 0.15) is 0 Å². The number of amides is 2. The van der Waals surface area contributed by atoms with Crippen molar-refractivity contribution in [2.24, 2.45) is 0 Å². The zero-order chi connectivity index (χ0) is 10.7. The van der Waals surface area contributed by atoms with Crippen LogP contribution in [0.5, 0.6) is 0 Å². The minimum atomic E-state index is -0.393. The summed E-state index contributed by atoms with van der Waals surface area (Å²) in [5.41, 5.74) is 0. The largest absolute Gasteiger partial charge is 0.469 e. The van der Waals surface area contributed by atoms with Gasteiger partial charge in [-0.25, -0.2) is 0 Å². The lowest BCUT2D eigenvalue weighted by Gasteiger charge is -2.19. The zero-order valence-electron chi connectivity index (χ0n) is 8.28. The molecule has 0 aromatic heterocycles. The number of hydrogen-bond acceptors (Lipinski definition) is 4. The molecule has 0 aromatic carbocycles. The molecule has 0 saturated carbocycles. The monoisotopic (exact) mass is 199 g/mol. The third kappa shape index (κ3) is 2.10. The maximum absolute atomic E-state index is 11.2. The smallest absolute Gasteiger partial charge is 0.307 e. The summed E-state index contributed by atoms with van der Waals surface area (Å²) in [5, 5.41) is 0. The van der Waals surface area contributed by atoms with E-state index >= 15 is 0 Å². The van der Waals surface area contributed by atoms with Crippen LogP contribution in [0.15, 0.2) is 0 Å². The highest BCUT2D eigenvalue weighted by Gasteiger charge is 2.35. The van der Waals surface area contributed by atoms with Crippen LogP contribution >= 0.6 is 0 Å². The summed E-state index contributed by atoms with van der Waals surface area (Å²) >= 11 is 0. The van der Waals surface area contributed by atoms with Crippen molar-refractivity contribution in [1.82, 2.24) is 4.90 Å². The van der Waals surface area contributed by atoms with Crippen molar-refractivity contribution in [3.05, 3.63) is 0 Å². The summed E-state index contributed by atoms with van der Waals surface area (Å²) in [4.78, 5) is 34.5. The number of methoxy groups -OCH3 is 1. The first-order valence-corrected chi connectivity index (χ1v) is 4.45. The van der Waals surface area contributed by atoms with E-state index in [0.717, 1.165) is 4.90 Å². The van der Waals surface area contributed by atoms with Crippen LogP contribution in [0.2, 0.25) is 0 Å². The molecule has 0 unspecified atom stereocenters. The predicted octanol–water partition coefficient (Wildman–Crippen LogP) is 0.0870. The number of imide groups is 1. The van der Waals surface area contributed by atoms with Gasteiger partial charge in [-0.2, -0.15) is 0 Å². The molecular formula is C9H13NO4. The Kier molecular flexibility index (Phi) is 3.22. The summed E-state index contributed by atoms with van der Waals surface area (Å²) in [6, 6.07) is -0.313. The number of likely N-dealkylation sites (tertiary alicyclic amines) is 1. The minimum absolute atomic E-state index is 0.0990. The second kappa shape index (κ2) is 4.21. The number of esters is 1. The fourth-order valence-electron chi connectivity index (χ4n) is 1.65. The standard InChI is InChI=1S/C9H13NO4/c1-6(11)10-7(3-4-8(10)12)5-9(13)14-2/h7H,3-5H2,1-2H3/t7-/m0/s1. The molecule has 2 amide bonds. The van der Waals surface area contributed by atoms with Crippen molar-refractivity contribution >= 4 is 17.8 Å². The van der Waals surface area contributed by atoms with Crippen LogP contribution in [0.3, 0.4) is 0 Å². The molecule has 0 aliphatic carbocycles. The Morgan fingerprint density at radius 2 is 2.21 bits per heavy atom. The van der Waals surface area contributed by atoms with Gasteiger partial charge in [0.15, 0.2) is 0 Å². The second-order valence-corrected chi connectivity index (χ2v) is 3.26. The van der Waals surface area contributed by atoms with Crippen LogP contribution in [0, 0.1) is 0 Å². The number of rotatable bonds is 2. The molecule has 1 rings (SSSR count). The van der Waals surface area contributed by atoms with Crippen LogP contribution in [0.25, 0.3) is 0 Å². The normalized spacial score (nSPS) is 21.1. The van der Waals surface area contributed by atoms with Gasteiger partial charge in [-0.3, -0.25) is 19.3 Å². The Morgan fingerprint density at radius 1 is 1.57 bits per heavy atom. The Balaban J connectivity index is 2.65. The molecule has 1 saturated heterocycles. The van der Waals surface area contributed by atoms with Crippen LogP contribution in [-0.4, -0.2) is 35.8 Å². The van der Waals surface area contributed by atoms with Gasteiger partial charge in [0, 0.05) is 13.3 Å². The van der Waals surface area contributed by atoms with E-state index < -0.39 is 5.97 Å². The number of hydrogen-bond donors (Lipinski definition) is 0. The van der Waals surface area contributed by atoms with E-state index in [1.54, 1.807) is 0 Å². The Morgan fingerprint density at radius 3 is 2.71 bits per heavy atom. The van der Waals surface area contributed by atoms with E-state index in [-0.39, 0.29) is 24.3 Å². The van der Waals surface area contributed by atoms with Crippen molar-refractivity contribution in [3.8, 4) is 0 Å². The molecule has 1 aliphatic heterocycles. The molecule has 14 heavy (non-hydrogen) atoms. The van der Waals surface area contributed by atoms with Crippen LogP contribution in [-0.2, 0) is 19.1 Å². The highest BCUT2D eigenvalue weighted by atomic mass is 16.5. The van der Waals surface area contributed by atoms with E-state index in [9.17, 15) is 14.4 Å². The molecule has 1 atom stereocenters. The van der Waals surface area contributed by atoms with E-state index in [1.165, 1.54) is 14.0 Å². The average Bonchev–Trinajstić information content (AvgIpc) is 2.46. The molecule has 0 bridgehead atoms. The minimum Gasteiger partial charge on any atom is -0.469 e. The predicted molar refractivity (Wildman–Crippen MR) is 47.2 cm³/mol. The topological polar surface area (TPSA) is 63.7 Å². The Labute approximate surface area is 82.0 Å². The molecule has 5 heteroatoms. The summed E-state index contributed by atoms with van der Waals surface area (Å²) in [6.45, 7) is 1.33. The van der Waals surface area contributed by atoms with Gasteiger partial charge in [0.2, 0.25) is 11.8 Å². The second-order valence-electron chi connectivity index (χ2n) is 3.26. The van der Waals surface area contributed by atoms with E-state index in [2.05, 4.69) is 4.74 Å². The third-order valence-corrected chi connectivity index (χ3v) is 2.29. The van der Waals surface area contributed by atoms with Crippen molar-refractivity contribution in [2.45, 2.75) is 32.2 Å². The van der Waals surface area contributed by atoms with Crippen LogP contribution in [0.1, 0.15) is 26.2 Å². The number of carbonyl (C=O) groups is 3. The number of carbonyl (C=O) groups excluding carboxylic acids is 3. The summed E-state index contributed by atoms with van der Waals surface area (Å²) < 4.78 is 4.49. The Bertz CT molecular complexity index is 274.